The number of amides is 2. The van der Waals surface area contributed by atoms with Gasteiger partial charge in [-0.2, -0.15) is 0 Å². The minimum Gasteiger partial charge on any atom is -0.352 e. The second kappa shape index (κ2) is 13.4. The molecule has 0 atom stereocenters. The maximum Gasteiger partial charge on any atom is 0.254 e. The molecule has 0 unspecified atom stereocenters. The summed E-state index contributed by atoms with van der Waals surface area (Å²) in [6.07, 6.45) is 0.758. The summed E-state index contributed by atoms with van der Waals surface area (Å²) >= 11 is 0. The quantitative estimate of drug-likeness (QED) is 0.257. The van der Waals surface area contributed by atoms with Crippen molar-refractivity contribution in [1.29, 1.82) is 0 Å². The van der Waals surface area contributed by atoms with E-state index in [1.807, 2.05) is 30.3 Å². The van der Waals surface area contributed by atoms with Gasteiger partial charge in [-0.1, -0.05) is 74.5 Å². The van der Waals surface area contributed by atoms with Crippen LogP contribution in [0.25, 0.3) is 22.4 Å². The van der Waals surface area contributed by atoms with Crippen molar-refractivity contribution in [2.75, 3.05) is 44.2 Å². The van der Waals surface area contributed by atoms with Gasteiger partial charge in [-0.25, -0.2) is 4.39 Å². The Kier molecular flexibility index (Phi) is 9.21. The van der Waals surface area contributed by atoms with Crippen molar-refractivity contribution in [2.45, 2.75) is 20.3 Å². The monoisotopic (exact) mass is 565 g/mol. The number of rotatable bonds is 9. The number of benzene rings is 3. The number of carbonyl (C=O) groups excluding carboxylic acids is 2. The lowest BCUT2D eigenvalue weighted by atomic mass is 10.0. The van der Waals surface area contributed by atoms with E-state index in [0.717, 1.165) is 29.1 Å². The van der Waals surface area contributed by atoms with E-state index in [0.29, 0.717) is 38.6 Å². The van der Waals surface area contributed by atoms with Gasteiger partial charge in [0.1, 0.15) is 12.4 Å². The van der Waals surface area contributed by atoms with E-state index < -0.39 is 5.82 Å². The smallest absolute Gasteiger partial charge is 0.254 e. The molecule has 4 aromatic rings. The van der Waals surface area contributed by atoms with Crippen molar-refractivity contribution in [3.63, 3.8) is 0 Å². The van der Waals surface area contributed by atoms with Crippen LogP contribution in [0.4, 0.5) is 10.2 Å². The molecule has 1 fully saturated rings. The maximum atomic E-state index is 13.8. The van der Waals surface area contributed by atoms with Crippen molar-refractivity contribution in [2.24, 2.45) is 5.92 Å². The molecule has 1 aromatic heterocycles. The number of anilines is 1. The Labute approximate surface area is 246 Å². The first kappa shape index (κ1) is 28.9. The third-order valence-electron chi connectivity index (χ3n) is 7.56. The molecule has 1 aliphatic heterocycles. The van der Waals surface area contributed by atoms with Crippen LogP contribution in [-0.2, 0) is 4.79 Å². The third-order valence-corrected chi connectivity index (χ3v) is 7.56. The zero-order valence-electron chi connectivity index (χ0n) is 24.1. The van der Waals surface area contributed by atoms with Gasteiger partial charge < -0.3 is 14.7 Å². The standard InChI is InChI=1S/C34H36FN5O2/c1-25(2)17-18-40(34(42)29-9-6-10-30(35)23-29)24-33(41)39-21-19-38(20-22-39)32-16-15-31(36-37-32)28-13-11-27(12-14-28)26-7-4-3-5-8-26/h3-16,23,25H,17-22,24H2,1-2H3. The minimum absolute atomic E-state index is 0.0281. The van der Waals surface area contributed by atoms with Crippen molar-refractivity contribution in [3.8, 4) is 22.4 Å². The topological polar surface area (TPSA) is 69.6 Å². The number of piperazine rings is 1. The fourth-order valence-electron chi connectivity index (χ4n) is 5.03. The highest BCUT2D eigenvalue weighted by molar-refractivity contribution is 5.96. The second-order valence-electron chi connectivity index (χ2n) is 11.0. The van der Waals surface area contributed by atoms with Gasteiger partial charge in [0, 0.05) is 43.9 Å². The Morgan fingerprint density at radius 2 is 1.50 bits per heavy atom. The van der Waals surface area contributed by atoms with Crippen molar-refractivity contribution >= 4 is 17.6 Å². The van der Waals surface area contributed by atoms with Gasteiger partial charge in [-0.15, -0.1) is 10.2 Å². The molecule has 0 spiro atoms. The average Bonchev–Trinajstić information content (AvgIpc) is 3.03. The van der Waals surface area contributed by atoms with E-state index in [1.54, 1.807) is 15.9 Å². The van der Waals surface area contributed by atoms with Crippen LogP contribution in [0.1, 0.15) is 30.6 Å². The van der Waals surface area contributed by atoms with Gasteiger partial charge in [0.15, 0.2) is 5.82 Å². The molecular formula is C34H36FN5O2. The normalized spacial score (nSPS) is 13.3. The molecule has 2 heterocycles. The zero-order chi connectivity index (χ0) is 29.5. The van der Waals surface area contributed by atoms with E-state index in [2.05, 4.69) is 65.3 Å². The van der Waals surface area contributed by atoms with Gasteiger partial charge in [0.05, 0.1) is 5.69 Å². The number of nitrogens with zero attached hydrogens (tertiary/aromatic N) is 5. The van der Waals surface area contributed by atoms with Crippen molar-refractivity contribution < 1.29 is 14.0 Å². The summed E-state index contributed by atoms with van der Waals surface area (Å²) < 4.78 is 13.8. The molecule has 1 aliphatic rings. The minimum atomic E-state index is -0.468. The van der Waals surface area contributed by atoms with Crippen LogP contribution in [0, 0.1) is 11.7 Å². The molecular weight excluding hydrogens is 529 g/mol. The molecule has 0 aliphatic carbocycles. The molecule has 216 valence electrons. The number of aromatic nitrogens is 2. The maximum absolute atomic E-state index is 13.8. The molecule has 42 heavy (non-hydrogen) atoms. The van der Waals surface area contributed by atoms with Crippen molar-refractivity contribution in [1.82, 2.24) is 20.0 Å². The first-order valence-electron chi connectivity index (χ1n) is 14.4. The molecule has 1 saturated heterocycles. The van der Waals surface area contributed by atoms with Crippen LogP contribution >= 0.6 is 0 Å². The van der Waals surface area contributed by atoms with E-state index in [9.17, 15) is 14.0 Å². The number of carbonyl (C=O) groups is 2. The Bertz CT molecular complexity index is 1480. The fraction of sp³-hybridized carbons (Fsp3) is 0.294. The molecule has 5 rings (SSSR count). The molecule has 2 amide bonds. The van der Waals surface area contributed by atoms with Crippen LogP contribution < -0.4 is 4.90 Å². The molecule has 0 radical (unpaired) electrons. The summed E-state index contributed by atoms with van der Waals surface area (Å²) in [5.41, 5.74) is 4.38. The van der Waals surface area contributed by atoms with Crippen LogP contribution in [-0.4, -0.2) is 71.1 Å². The van der Waals surface area contributed by atoms with Gasteiger partial charge in [-0.05, 0) is 53.8 Å². The van der Waals surface area contributed by atoms with Crippen LogP contribution in [0.5, 0.6) is 0 Å². The Balaban J connectivity index is 1.17. The highest BCUT2D eigenvalue weighted by Crippen LogP contribution is 2.24. The van der Waals surface area contributed by atoms with E-state index in [-0.39, 0.29) is 23.9 Å². The predicted octanol–water partition coefficient (Wildman–Crippen LogP) is 5.79. The molecule has 8 heteroatoms. The lowest BCUT2D eigenvalue weighted by Gasteiger charge is -2.36. The molecule has 7 nitrogen and oxygen atoms in total. The van der Waals surface area contributed by atoms with Crippen LogP contribution in [0.2, 0.25) is 0 Å². The number of hydrogen-bond acceptors (Lipinski definition) is 5. The third kappa shape index (κ3) is 7.18. The Hall–Kier alpha value is -4.59. The first-order valence-corrected chi connectivity index (χ1v) is 14.4. The zero-order valence-corrected chi connectivity index (χ0v) is 24.1. The largest absolute Gasteiger partial charge is 0.352 e. The first-order chi connectivity index (χ1) is 20.4. The predicted molar refractivity (Wildman–Crippen MR) is 163 cm³/mol. The highest BCUT2D eigenvalue weighted by Gasteiger charge is 2.26. The average molecular weight is 566 g/mol. The lowest BCUT2D eigenvalue weighted by Crippen LogP contribution is -2.52. The summed E-state index contributed by atoms with van der Waals surface area (Å²) in [5.74, 6) is 0.235. The summed E-state index contributed by atoms with van der Waals surface area (Å²) in [4.78, 5) is 31.8. The molecule has 3 aromatic carbocycles. The summed E-state index contributed by atoms with van der Waals surface area (Å²) in [6, 6.07) is 28.1. The molecule has 0 bridgehead atoms. The fourth-order valence-corrected chi connectivity index (χ4v) is 5.03. The molecule has 0 N–H and O–H groups in total. The number of hydrogen-bond donors (Lipinski definition) is 0. The SMILES string of the molecule is CC(C)CCN(CC(=O)N1CCN(c2ccc(-c3ccc(-c4ccccc4)cc3)nn2)CC1)C(=O)c1cccc(F)c1. The van der Waals surface area contributed by atoms with Gasteiger partial charge in [-0.3, -0.25) is 9.59 Å². The van der Waals surface area contributed by atoms with E-state index in [4.69, 9.17) is 0 Å². The Morgan fingerprint density at radius 1 is 0.810 bits per heavy atom. The van der Waals surface area contributed by atoms with Crippen molar-refractivity contribution in [3.05, 3.63) is 102 Å². The highest BCUT2D eigenvalue weighted by atomic mass is 19.1. The number of halogens is 1. The summed E-state index contributed by atoms with van der Waals surface area (Å²) in [6.45, 7) is 6.84. The van der Waals surface area contributed by atoms with Gasteiger partial charge in [0.2, 0.25) is 5.91 Å². The van der Waals surface area contributed by atoms with Gasteiger partial charge in [0.25, 0.3) is 5.91 Å². The Morgan fingerprint density at radius 3 is 2.14 bits per heavy atom. The van der Waals surface area contributed by atoms with E-state index >= 15 is 0 Å². The lowest BCUT2D eigenvalue weighted by molar-refractivity contribution is -0.132. The second-order valence-corrected chi connectivity index (χ2v) is 11.0. The van der Waals surface area contributed by atoms with E-state index in [1.165, 1.54) is 23.8 Å². The molecule has 0 saturated carbocycles. The van der Waals surface area contributed by atoms with Crippen LogP contribution in [0.15, 0.2) is 91.0 Å². The summed E-state index contributed by atoms with van der Waals surface area (Å²) in [5, 5.41) is 8.94. The van der Waals surface area contributed by atoms with Crippen LogP contribution in [0.3, 0.4) is 0 Å². The summed E-state index contributed by atoms with van der Waals surface area (Å²) in [7, 11) is 0. The van der Waals surface area contributed by atoms with Gasteiger partial charge >= 0.3 is 0 Å².